The summed E-state index contributed by atoms with van der Waals surface area (Å²) in [6.07, 6.45) is 1.84. The molecule has 1 saturated heterocycles. The maximum atomic E-state index is 13.8. The molecule has 0 saturated carbocycles. The number of carboxylic acids is 1. The Morgan fingerprint density at radius 2 is 2.00 bits per heavy atom. The molecule has 2 aromatic rings. The fourth-order valence-corrected chi connectivity index (χ4v) is 2.84. The lowest BCUT2D eigenvalue weighted by molar-refractivity contribution is -0.147. The van der Waals surface area contributed by atoms with E-state index in [-0.39, 0.29) is 18.1 Å². The zero-order valence-electron chi connectivity index (χ0n) is 12.8. The Morgan fingerprint density at radius 3 is 2.62 bits per heavy atom. The first-order chi connectivity index (χ1) is 11.3. The van der Waals surface area contributed by atoms with Crippen LogP contribution in [0.3, 0.4) is 0 Å². The Hall–Kier alpha value is -2.77. The Morgan fingerprint density at radius 1 is 1.33 bits per heavy atom. The highest BCUT2D eigenvalue weighted by atomic mass is 19.1. The van der Waals surface area contributed by atoms with Gasteiger partial charge >= 0.3 is 5.97 Å². The van der Waals surface area contributed by atoms with Gasteiger partial charge in [0, 0.05) is 6.54 Å². The van der Waals surface area contributed by atoms with Gasteiger partial charge in [-0.2, -0.15) is 0 Å². The van der Waals surface area contributed by atoms with E-state index in [4.69, 9.17) is 4.42 Å². The van der Waals surface area contributed by atoms with Gasteiger partial charge in [0.05, 0.1) is 0 Å². The van der Waals surface area contributed by atoms with Crippen molar-refractivity contribution >= 4 is 11.9 Å². The molecule has 24 heavy (non-hydrogen) atoms. The molecule has 0 radical (unpaired) electrons. The lowest BCUT2D eigenvalue weighted by Gasteiger charge is -2.30. The van der Waals surface area contributed by atoms with Crippen LogP contribution in [0.4, 0.5) is 8.78 Å². The molecule has 0 spiro atoms. The van der Waals surface area contributed by atoms with Crippen molar-refractivity contribution < 1.29 is 27.9 Å². The highest BCUT2D eigenvalue weighted by Gasteiger charge is 2.46. The number of carbonyl (C=O) groups is 2. The van der Waals surface area contributed by atoms with E-state index in [9.17, 15) is 23.5 Å². The Kier molecular flexibility index (Phi) is 3.82. The van der Waals surface area contributed by atoms with Gasteiger partial charge < -0.3 is 14.4 Å². The van der Waals surface area contributed by atoms with Gasteiger partial charge in [-0.15, -0.1) is 0 Å². The maximum absolute atomic E-state index is 13.8. The Bertz CT molecular complexity index is 800. The predicted octanol–water partition coefficient (Wildman–Crippen LogP) is 2.70. The quantitative estimate of drug-likeness (QED) is 0.932. The lowest BCUT2D eigenvalue weighted by Crippen LogP contribution is -2.50. The minimum Gasteiger partial charge on any atom is -0.480 e. The molecule has 0 aliphatic carbocycles. The number of hydrogen-bond acceptors (Lipinski definition) is 4. The largest absolute Gasteiger partial charge is 0.480 e. The summed E-state index contributed by atoms with van der Waals surface area (Å²) in [5.41, 5.74) is -2.00. The molecular formula is C16H14F2N2O4. The minimum absolute atomic E-state index is 0.193. The van der Waals surface area contributed by atoms with Gasteiger partial charge in [0.2, 0.25) is 5.89 Å². The number of rotatable bonds is 3. The van der Waals surface area contributed by atoms with E-state index in [0.717, 1.165) is 18.4 Å². The third-order valence-corrected chi connectivity index (χ3v) is 4.25. The van der Waals surface area contributed by atoms with Crippen LogP contribution in [-0.4, -0.2) is 39.0 Å². The summed E-state index contributed by atoms with van der Waals surface area (Å²) in [4.78, 5) is 29.0. The average molecular weight is 336 g/mol. The van der Waals surface area contributed by atoms with Crippen LogP contribution in [0.2, 0.25) is 0 Å². The van der Waals surface area contributed by atoms with E-state index in [1.165, 1.54) is 17.9 Å². The molecule has 1 aliphatic rings. The second kappa shape index (κ2) is 5.70. The van der Waals surface area contributed by atoms with Crippen molar-refractivity contribution in [3.05, 3.63) is 41.8 Å². The molecule has 6 nitrogen and oxygen atoms in total. The second-order valence-corrected chi connectivity index (χ2v) is 5.77. The molecule has 1 N–H and O–H groups in total. The topological polar surface area (TPSA) is 83.6 Å². The SMILES string of the molecule is CC1(C(=O)O)CCCN1C(=O)c1coc(-c2c(F)cccc2F)n1. The number of nitrogens with zero attached hydrogens (tertiary/aromatic N) is 2. The Labute approximate surface area is 135 Å². The smallest absolute Gasteiger partial charge is 0.329 e. The summed E-state index contributed by atoms with van der Waals surface area (Å²) in [5.74, 6) is -3.87. The number of aliphatic carboxylic acids is 1. The van der Waals surface area contributed by atoms with Crippen molar-refractivity contribution in [2.75, 3.05) is 6.54 Å². The first-order valence-corrected chi connectivity index (χ1v) is 7.30. The Balaban J connectivity index is 1.94. The number of aromatic nitrogens is 1. The zero-order valence-corrected chi connectivity index (χ0v) is 12.8. The molecule has 1 aromatic heterocycles. The normalized spacial score (nSPS) is 20.4. The number of carbonyl (C=O) groups excluding carboxylic acids is 1. The molecule has 3 rings (SSSR count). The molecule has 1 fully saturated rings. The molecule has 1 unspecified atom stereocenters. The summed E-state index contributed by atoms with van der Waals surface area (Å²) in [7, 11) is 0. The van der Waals surface area contributed by atoms with Crippen LogP contribution in [0.15, 0.2) is 28.9 Å². The van der Waals surface area contributed by atoms with Gasteiger partial charge in [-0.05, 0) is 31.9 Å². The minimum atomic E-state index is -1.33. The monoisotopic (exact) mass is 336 g/mol. The molecule has 0 bridgehead atoms. The molecule has 1 amide bonds. The molecule has 1 aromatic carbocycles. The van der Waals surface area contributed by atoms with Crippen LogP contribution in [0, 0.1) is 11.6 Å². The molecular weight excluding hydrogens is 322 g/mol. The molecule has 2 heterocycles. The highest BCUT2D eigenvalue weighted by molar-refractivity contribution is 5.96. The second-order valence-electron chi connectivity index (χ2n) is 5.77. The van der Waals surface area contributed by atoms with Gasteiger partial charge in [-0.25, -0.2) is 18.6 Å². The number of hydrogen-bond donors (Lipinski definition) is 1. The standard InChI is InChI=1S/C16H14F2N2O4/c1-16(15(22)23)6-3-7-20(16)14(21)11-8-24-13(19-11)12-9(17)4-2-5-10(12)18/h2,4-5,8H,3,6-7H2,1H3,(H,22,23). The van der Waals surface area contributed by atoms with Crippen LogP contribution in [-0.2, 0) is 4.79 Å². The number of halogens is 2. The third kappa shape index (κ3) is 2.44. The average Bonchev–Trinajstić information content (AvgIpc) is 3.14. The van der Waals surface area contributed by atoms with Crippen molar-refractivity contribution in [1.82, 2.24) is 9.88 Å². The summed E-state index contributed by atoms with van der Waals surface area (Å²) >= 11 is 0. The number of likely N-dealkylation sites (tertiary alicyclic amines) is 1. The van der Waals surface area contributed by atoms with E-state index < -0.39 is 34.6 Å². The number of carboxylic acid groups (broad SMARTS) is 1. The van der Waals surface area contributed by atoms with Gasteiger partial charge in [-0.1, -0.05) is 6.07 Å². The molecule has 8 heteroatoms. The van der Waals surface area contributed by atoms with Crippen molar-refractivity contribution in [3.63, 3.8) is 0 Å². The van der Waals surface area contributed by atoms with E-state index in [0.29, 0.717) is 12.8 Å². The summed E-state index contributed by atoms with van der Waals surface area (Å²) in [6, 6.07) is 3.30. The molecule has 1 aliphatic heterocycles. The first kappa shape index (κ1) is 16.1. The third-order valence-electron chi connectivity index (χ3n) is 4.25. The highest BCUT2D eigenvalue weighted by Crippen LogP contribution is 2.31. The number of oxazole rings is 1. The summed E-state index contributed by atoms with van der Waals surface area (Å²) in [5, 5.41) is 9.36. The molecule has 126 valence electrons. The zero-order chi connectivity index (χ0) is 17.5. The van der Waals surface area contributed by atoms with Crippen molar-refractivity contribution in [2.45, 2.75) is 25.3 Å². The van der Waals surface area contributed by atoms with E-state index >= 15 is 0 Å². The van der Waals surface area contributed by atoms with Crippen molar-refractivity contribution in [3.8, 4) is 11.5 Å². The van der Waals surface area contributed by atoms with Crippen LogP contribution in [0.5, 0.6) is 0 Å². The first-order valence-electron chi connectivity index (χ1n) is 7.30. The van der Waals surface area contributed by atoms with E-state index in [2.05, 4.69) is 4.98 Å². The predicted molar refractivity (Wildman–Crippen MR) is 78.2 cm³/mol. The number of benzene rings is 1. The fraction of sp³-hybridized carbons (Fsp3) is 0.312. The molecule has 1 atom stereocenters. The summed E-state index contributed by atoms with van der Waals surface area (Å²) in [6.45, 7) is 1.72. The number of amides is 1. The van der Waals surface area contributed by atoms with E-state index in [1.54, 1.807) is 0 Å². The van der Waals surface area contributed by atoms with Gasteiger partial charge in [0.1, 0.15) is 29.0 Å². The lowest BCUT2D eigenvalue weighted by atomic mass is 9.99. The van der Waals surface area contributed by atoms with Gasteiger partial charge in [0.15, 0.2) is 5.69 Å². The fourth-order valence-electron chi connectivity index (χ4n) is 2.84. The van der Waals surface area contributed by atoms with Crippen LogP contribution in [0.1, 0.15) is 30.3 Å². The maximum Gasteiger partial charge on any atom is 0.329 e. The van der Waals surface area contributed by atoms with Crippen LogP contribution < -0.4 is 0 Å². The van der Waals surface area contributed by atoms with Crippen molar-refractivity contribution in [2.24, 2.45) is 0 Å². The summed E-state index contributed by atoms with van der Waals surface area (Å²) < 4.78 is 32.6. The van der Waals surface area contributed by atoms with E-state index in [1.807, 2.05) is 0 Å². The van der Waals surface area contributed by atoms with Crippen LogP contribution >= 0.6 is 0 Å². The van der Waals surface area contributed by atoms with Gasteiger partial charge in [0.25, 0.3) is 5.91 Å². The van der Waals surface area contributed by atoms with Gasteiger partial charge in [-0.3, -0.25) is 4.79 Å². The van der Waals surface area contributed by atoms with Crippen molar-refractivity contribution in [1.29, 1.82) is 0 Å². The van der Waals surface area contributed by atoms with Crippen LogP contribution in [0.25, 0.3) is 11.5 Å².